The van der Waals surface area contributed by atoms with Gasteiger partial charge in [-0.3, -0.25) is 0 Å². The molecule has 0 saturated carbocycles. The molecular weight excluding hydrogens is 453 g/mol. The number of aromatic carboxylic acids is 1. The molecule has 3 aromatic carbocycles. The zero-order valence-corrected chi connectivity index (χ0v) is 18.7. The van der Waals surface area contributed by atoms with E-state index in [0.717, 1.165) is 28.0 Å². The van der Waals surface area contributed by atoms with E-state index in [1.165, 1.54) is 18.2 Å². The van der Waals surface area contributed by atoms with Crippen LogP contribution in [0.5, 0.6) is 0 Å². The molecule has 1 aromatic heterocycles. The SMILES string of the molecule is O=C(O)c1ccc(Nc2ncc3c(n2)-c2ccc(Cl)cc2C(c2ccccc2F)=CCC3)cc1. The summed E-state index contributed by atoms with van der Waals surface area (Å²) in [5.41, 5.74) is 5.50. The number of carbonyl (C=O) groups is 1. The lowest BCUT2D eigenvalue weighted by Gasteiger charge is -2.20. The van der Waals surface area contributed by atoms with Gasteiger partial charge in [-0.2, -0.15) is 0 Å². The van der Waals surface area contributed by atoms with Crippen molar-refractivity contribution in [2.75, 3.05) is 5.32 Å². The second-order valence-corrected chi connectivity index (χ2v) is 8.34. The van der Waals surface area contributed by atoms with Gasteiger partial charge in [-0.05, 0) is 72.0 Å². The smallest absolute Gasteiger partial charge is 0.335 e. The van der Waals surface area contributed by atoms with Crippen LogP contribution >= 0.6 is 11.6 Å². The number of allylic oxidation sites excluding steroid dienone is 1. The lowest BCUT2D eigenvalue weighted by molar-refractivity contribution is 0.0697. The maximum absolute atomic E-state index is 14.7. The molecule has 0 bridgehead atoms. The Hall–Kier alpha value is -4.03. The number of hydrogen-bond donors (Lipinski definition) is 2. The van der Waals surface area contributed by atoms with Crippen LogP contribution < -0.4 is 5.32 Å². The number of carboxylic acid groups (broad SMARTS) is 1. The summed E-state index contributed by atoms with van der Waals surface area (Å²) in [5.74, 6) is -0.909. The fourth-order valence-electron chi connectivity index (χ4n) is 4.07. The fraction of sp³-hybridized carbons (Fsp3) is 0.0741. The van der Waals surface area contributed by atoms with E-state index in [2.05, 4.69) is 10.3 Å². The summed E-state index contributed by atoms with van der Waals surface area (Å²) < 4.78 is 14.7. The molecule has 0 spiro atoms. The molecule has 1 aliphatic carbocycles. The maximum Gasteiger partial charge on any atom is 0.335 e. The molecule has 5 nitrogen and oxygen atoms in total. The molecule has 4 aromatic rings. The first-order valence-corrected chi connectivity index (χ1v) is 11.1. The van der Waals surface area contributed by atoms with Gasteiger partial charge in [0.05, 0.1) is 11.3 Å². The number of fused-ring (bicyclic) bond motifs is 3. The second-order valence-electron chi connectivity index (χ2n) is 7.90. The van der Waals surface area contributed by atoms with Crippen LogP contribution in [0.3, 0.4) is 0 Å². The Kier molecular flexibility index (Phi) is 5.82. The Morgan fingerprint density at radius 2 is 1.79 bits per heavy atom. The predicted octanol–water partition coefficient (Wildman–Crippen LogP) is 6.76. The Morgan fingerprint density at radius 1 is 1.00 bits per heavy atom. The third-order valence-corrected chi connectivity index (χ3v) is 5.94. The van der Waals surface area contributed by atoms with Gasteiger partial charge in [-0.1, -0.05) is 41.9 Å². The molecule has 0 aliphatic heterocycles. The highest BCUT2D eigenvalue weighted by Crippen LogP contribution is 2.38. The number of benzene rings is 3. The highest BCUT2D eigenvalue weighted by atomic mass is 35.5. The molecule has 7 heteroatoms. The first-order valence-electron chi connectivity index (χ1n) is 10.7. The van der Waals surface area contributed by atoms with Crippen molar-refractivity contribution in [3.8, 4) is 11.3 Å². The highest BCUT2D eigenvalue weighted by molar-refractivity contribution is 6.31. The van der Waals surface area contributed by atoms with E-state index in [9.17, 15) is 9.18 Å². The lowest BCUT2D eigenvalue weighted by atomic mass is 9.87. The summed E-state index contributed by atoms with van der Waals surface area (Å²) in [5, 5.41) is 12.8. The van der Waals surface area contributed by atoms with Crippen molar-refractivity contribution in [2.24, 2.45) is 0 Å². The second kappa shape index (κ2) is 9.08. The minimum Gasteiger partial charge on any atom is -0.478 e. The van der Waals surface area contributed by atoms with Gasteiger partial charge in [0.1, 0.15) is 5.82 Å². The monoisotopic (exact) mass is 471 g/mol. The molecular formula is C27H19ClFN3O2. The van der Waals surface area contributed by atoms with Crippen LogP contribution in [0.2, 0.25) is 5.02 Å². The van der Waals surface area contributed by atoms with Crippen molar-refractivity contribution in [1.29, 1.82) is 0 Å². The Labute approximate surface area is 200 Å². The molecule has 0 radical (unpaired) electrons. The van der Waals surface area contributed by atoms with Gasteiger partial charge in [0, 0.05) is 28.0 Å². The van der Waals surface area contributed by atoms with Crippen molar-refractivity contribution in [2.45, 2.75) is 12.8 Å². The van der Waals surface area contributed by atoms with E-state index in [4.69, 9.17) is 21.7 Å². The molecule has 1 aliphatic rings. The van der Waals surface area contributed by atoms with E-state index in [0.29, 0.717) is 35.1 Å². The van der Waals surface area contributed by atoms with Gasteiger partial charge in [-0.15, -0.1) is 0 Å². The lowest BCUT2D eigenvalue weighted by Crippen LogP contribution is -2.06. The molecule has 0 atom stereocenters. The van der Waals surface area contributed by atoms with Crippen LogP contribution in [0.1, 0.15) is 33.5 Å². The quantitative estimate of drug-likeness (QED) is 0.344. The van der Waals surface area contributed by atoms with Crippen molar-refractivity contribution in [3.63, 3.8) is 0 Å². The molecule has 0 amide bonds. The van der Waals surface area contributed by atoms with Crippen LogP contribution in [-0.2, 0) is 6.42 Å². The largest absolute Gasteiger partial charge is 0.478 e. The van der Waals surface area contributed by atoms with Gasteiger partial charge in [0.2, 0.25) is 5.95 Å². The molecule has 1 heterocycles. The van der Waals surface area contributed by atoms with Crippen LogP contribution in [0.25, 0.3) is 16.8 Å². The number of nitrogens with one attached hydrogen (secondary N) is 1. The summed E-state index contributed by atoms with van der Waals surface area (Å²) in [4.78, 5) is 20.3. The molecule has 168 valence electrons. The normalized spacial score (nSPS) is 12.6. The summed E-state index contributed by atoms with van der Waals surface area (Å²) >= 11 is 6.36. The molecule has 34 heavy (non-hydrogen) atoms. The van der Waals surface area contributed by atoms with E-state index in [-0.39, 0.29) is 11.4 Å². The average molecular weight is 472 g/mol. The minimum atomic E-state index is -0.988. The highest BCUT2D eigenvalue weighted by Gasteiger charge is 2.21. The molecule has 5 rings (SSSR count). The first-order chi connectivity index (χ1) is 16.5. The third kappa shape index (κ3) is 4.28. The molecule has 2 N–H and O–H groups in total. The summed E-state index contributed by atoms with van der Waals surface area (Å²) in [7, 11) is 0. The van der Waals surface area contributed by atoms with Crippen molar-refractivity contribution < 1.29 is 14.3 Å². The van der Waals surface area contributed by atoms with Gasteiger partial charge in [0.15, 0.2) is 0 Å². The van der Waals surface area contributed by atoms with Crippen LogP contribution in [0.4, 0.5) is 16.0 Å². The summed E-state index contributed by atoms with van der Waals surface area (Å²) in [6.07, 6.45) is 5.21. The number of hydrogen-bond acceptors (Lipinski definition) is 4. The minimum absolute atomic E-state index is 0.197. The molecule has 0 saturated heterocycles. The fourth-order valence-corrected chi connectivity index (χ4v) is 4.24. The first kappa shape index (κ1) is 21.8. The van der Waals surface area contributed by atoms with E-state index >= 15 is 0 Å². The Balaban J connectivity index is 1.59. The zero-order chi connectivity index (χ0) is 23.7. The number of nitrogens with zero attached hydrogens (tertiary/aromatic N) is 2. The van der Waals surface area contributed by atoms with Crippen molar-refractivity contribution >= 4 is 34.8 Å². The van der Waals surface area contributed by atoms with Gasteiger partial charge < -0.3 is 10.4 Å². The third-order valence-electron chi connectivity index (χ3n) is 5.71. The number of aryl methyl sites for hydroxylation is 1. The van der Waals surface area contributed by atoms with Crippen LogP contribution in [-0.4, -0.2) is 21.0 Å². The Bertz CT molecular complexity index is 1430. The topological polar surface area (TPSA) is 75.1 Å². The molecule has 0 fully saturated rings. The van der Waals surface area contributed by atoms with Crippen molar-refractivity contribution in [3.05, 3.63) is 112 Å². The summed E-state index contributed by atoms with van der Waals surface area (Å²) in [6.45, 7) is 0. The van der Waals surface area contributed by atoms with Gasteiger partial charge in [-0.25, -0.2) is 19.2 Å². The standard InChI is InChI=1S/C27H19ClFN3O2/c28-18-10-13-22-23(14-18)20(21-5-1-2-7-24(21)29)6-3-4-17-15-30-27(32-25(17)22)31-19-11-8-16(9-12-19)26(33)34/h1-2,5-15H,3-4H2,(H,33,34)(H,30,31,32). The van der Waals surface area contributed by atoms with Crippen molar-refractivity contribution in [1.82, 2.24) is 9.97 Å². The predicted molar refractivity (Wildman–Crippen MR) is 131 cm³/mol. The number of aromatic nitrogens is 2. The average Bonchev–Trinajstić information content (AvgIpc) is 2.82. The summed E-state index contributed by atoms with van der Waals surface area (Å²) in [6, 6.07) is 18.6. The number of halogens is 2. The maximum atomic E-state index is 14.7. The van der Waals surface area contributed by atoms with E-state index < -0.39 is 5.97 Å². The number of anilines is 2. The molecule has 0 unspecified atom stereocenters. The van der Waals surface area contributed by atoms with E-state index in [1.54, 1.807) is 36.5 Å². The van der Waals surface area contributed by atoms with Crippen LogP contribution in [0.15, 0.2) is 79.0 Å². The van der Waals surface area contributed by atoms with E-state index in [1.807, 2.05) is 24.3 Å². The zero-order valence-electron chi connectivity index (χ0n) is 17.9. The Morgan fingerprint density at radius 3 is 2.56 bits per heavy atom. The van der Waals surface area contributed by atoms with Gasteiger partial charge in [0.25, 0.3) is 0 Å². The number of carboxylic acids is 1. The number of rotatable bonds is 4. The van der Waals surface area contributed by atoms with Gasteiger partial charge >= 0.3 is 5.97 Å². The van der Waals surface area contributed by atoms with Crippen LogP contribution in [0, 0.1) is 5.82 Å².